The fourth-order valence-corrected chi connectivity index (χ4v) is 3.43. The van der Waals surface area contributed by atoms with Crippen molar-refractivity contribution in [2.45, 2.75) is 25.3 Å². The van der Waals surface area contributed by atoms with Crippen LogP contribution in [0.4, 0.5) is 5.82 Å². The molecule has 0 aliphatic rings. The second kappa shape index (κ2) is 10.6. The molecule has 33 heavy (non-hydrogen) atoms. The van der Waals surface area contributed by atoms with E-state index in [0.29, 0.717) is 12.4 Å². The number of nitrogens with zero attached hydrogens (tertiary/aromatic N) is 1. The molecule has 0 bridgehead atoms. The van der Waals surface area contributed by atoms with Crippen molar-refractivity contribution in [1.29, 1.82) is 0 Å². The number of nitrogens with one attached hydrogen (secondary N) is 1. The minimum absolute atomic E-state index is 0.00522. The molecule has 3 rings (SSSR count). The molecule has 0 spiro atoms. The Morgan fingerprint density at radius 1 is 1.00 bits per heavy atom. The van der Waals surface area contributed by atoms with Crippen molar-refractivity contribution in [2.75, 3.05) is 5.73 Å². The molecule has 10 heteroatoms. The molecule has 1 amide bonds. The fraction of sp³-hybridized carbons (Fsp3) is 0.174. The van der Waals surface area contributed by atoms with Crippen molar-refractivity contribution in [3.63, 3.8) is 0 Å². The molecule has 1 heterocycles. The molecule has 7 N–H and O–H groups in total. The van der Waals surface area contributed by atoms with E-state index in [0.717, 1.165) is 11.1 Å². The molecule has 3 aromatic rings. The lowest BCUT2D eigenvalue weighted by Gasteiger charge is -2.19. The van der Waals surface area contributed by atoms with Crippen molar-refractivity contribution in [3.8, 4) is 5.75 Å². The van der Waals surface area contributed by atoms with Crippen LogP contribution in [0.3, 0.4) is 0 Å². The molecular weight excluding hydrogens is 425 g/mol. The summed E-state index contributed by atoms with van der Waals surface area (Å²) < 4.78 is 1.89. The molecule has 1 unspecified atom stereocenters. The SMILES string of the molecule is Nc1cccc[n+]1Cc1ccc(CC(=O)NC(Cc2cccc(C(=O)O)c2O)B(O)O)cc1. The van der Waals surface area contributed by atoms with Gasteiger partial charge in [0.25, 0.3) is 5.82 Å². The molecular formula is C23H25BN3O6+. The van der Waals surface area contributed by atoms with E-state index in [1.165, 1.54) is 18.2 Å². The van der Waals surface area contributed by atoms with Gasteiger partial charge in [-0.15, -0.1) is 0 Å². The predicted molar refractivity (Wildman–Crippen MR) is 121 cm³/mol. The number of carbonyl (C=O) groups excluding carboxylic acids is 1. The number of amides is 1. The first-order valence-corrected chi connectivity index (χ1v) is 10.3. The quantitative estimate of drug-likeness (QED) is 0.202. The van der Waals surface area contributed by atoms with E-state index in [1.54, 1.807) is 12.1 Å². The average molecular weight is 450 g/mol. The van der Waals surface area contributed by atoms with Crippen LogP contribution in [0.5, 0.6) is 5.75 Å². The Hall–Kier alpha value is -3.89. The number of nitrogen functional groups attached to an aromatic ring is 1. The number of aromatic hydroxyl groups is 1. The number of para-hydroxylation sites is 1. The molecule has 0 saturated heterocycles. The fourth-order valence-electron chi connectivity index (χ4n) is 3.43. The summed E-state index contributed by atoms with van der Waals surface area (Å²) in [7, 11) is -1.91. The normalized spacial score (nSPS) is 11.6. The number of hydrogen-bond donors (Lipinski definition) is 6. The molecule has 2 aromatic carbocycles. The first-order valence-electron chi connectivity index (χ1n) is 10.3. The Kier molecular flexibility index (Phi) is 7.65. The van der Waals surface area contributed by atoms with E-state index in [4.69, 9.17) is 10.8 Å². The highest BCUT2D eigenvalue weighted by Crippen LogP contribution is 2.24. The van der Waals surface area contributed by atoms with Crippen LogP contribution in [0.1, 0.15) is 27.0 Å². The molecule has 0 aliphatic heterocycles. The highest BCUT2D eigenvalue weighted by atomic mass is 16.4. The van der Waals surface area contributed by atoms with Gasteiger partial charge in [0.05, 0.1) is 18.6 Å². The predicted octanol–water partition coefficient (Wildman–Crippen LogP) is 0.290. The minimum Gasteiger partial charge on any atom is -0.507 e. The van der Waals surface area contributed by atoms with Crippen LogP contribution in [0.2, 0.25) is 0 Å². The van der Waals surface area contributed by atoms with E-state index in [9.17, 15) is 24.7 Å². The number of aromatic nitrogens is 1. The van der Waals surface area contributed by atoms with Gasteiger partial charge < -0.3 is 25.6 Å². The van der Waals surface area contributed by atoms with Gasteiger partial charge in [-0.2, -0.15) is 0 Å². The summed E-state index contributed by atoms with van der Waals surface area (Å²) in [4.78, 5) is 23.7. The highest BCUT2D eigenvalue weighted by molar-refractivity contribution is 6.43. The van der Waals surface area contributed by atoms with E-state index in [-0.39, 0.29) is 24.0 Å². The second-order valence-corrected chi connectivity index (χ2v) is 7.66. The van der Waals surface area contributed by atoms with Gasteiger partial charge in [-0.05, 0) is 35.2 Å². The summed E-state index contributed by atoms with van der Waals surface area (Å²) in [5.41, 5.74) is 7.54. The number of carboxylic acids is 1. The highest BCUT2D eigenvalue weighted by Gasteiger charge is 2.27. The van der Waals surface area contributed by atoms with Gasteiger partial charge in [0.1, 0.15) is 17.9 Å². The lowest BCUT2D eigenvalue weighted by Crippen LogP contribution is -2.48. The zero-order valence-electron chi connectivity index (χ0n) is 17.8. The molecule has 1 aromatic heterocycles. The molecule has 0 fully saturated rings. The number of carbonyl (C=O) groups is 2. The number of benzene rings is 2. The molecule has 0 saturated carbocycles. The zero-order chi connectivity index (χ0) is 24.0. The van der Waals surface area contributed by atoms with Crippen molar-refractivity contribution in [1.82, 2.24) is 5.32 Å². The molecule has 9 nitrogen and oxygen atoms in total. The molecule has 0 radical (unpaired) electrons. The van der Waals surface area contributed by atoms with Crippen LogP contribution in [0.15, 0.2) is 66.9 Å². The van der Waals surface area contributed by atoms with Gasteiger partial charge in [0.2, 0.25) is 5.91 Å². The first-order chi connectivity index (χ1) is 15.7. The number of phenols is 1. The van der Waals surface area contributed by atoms with E-state index in [2.05, 4.69) is 5.32 Å². The van der Waals surface area contributed by atoms with Crippen LogP contribution >= 0.6 is 0 Å². The number of pyridine rings is 1. The number of carboxylic acid groups (broad SMARTS) is 1. The third-order valence-electron chi connectivity index (χ3n) is 5.21. The smallest absolute Gasteiger partial charge is 0.475 e. The van der Waals surface area contributed by atoms with Gasteiger partial charge >= 0.3 is 13.1 Å². The molecule has 170 valence electrons. The second-order valence-electron chi connectivity index (χ2n) is 7.66. The largest absolute Gasteiger partial charge is 0.507 e. The van der Waals surface area contributed by atoms with Crippen molar-refractivity contribution < 1.29 is 34.4 Å². The van der Waals surface area contributed by atoms with Gasteiger partial charge in [-0.25, -0.2) is 9.36 Å². The van der Waals surface area contributed by atoms with Crippen molar-refractivity contribution in [3.05, 3.63) is 89.1 Å². The Morgan fingerprint density at radius 3 is 2.33 bits per heavy atom. The number of aromatic carboxylic acids is 1. The maximum absolute atomic E-state index is 12.5. The lowest BCUT2D eigenvalue weighted by molar-refractivity contribution is -0.674. The minimum atomic E-state index is -1.91. The zero-order valence-corrected chi connectivity index (χ0v) is 17.8. The molecule has 0 aliphatic carbocycles. The van der Waals surface area contributed by atoms with Gasteiger partial charge in [0.15, 0.2) is 0 Å². The van der Waals surface area contributed by atoms with Crippen molar-refractivity contribution >= 4 is 24.8 Å². The monoisotopic (exact) mass is 450 g/mol. The van der Waals surface area contributed by atoms with Gasteiger partial charge in [-0.3, -0.25) is 10.5 Å². The van der Waals surface area contributed by atoms with Crippen molar-refractivity contribution in [2.24, 2.45) is 0 Å². The van der Waals surface area contributed by atoms with Crippen LogP contribution in [0, 0.1) is 0 Å². The number of anilines is 1. The Bertz CT molecular complexity index is 1140. The first kappa shape index (κ1) is 23.8. The number of hydrogen-bond acceptors (Lipinski definition) is 6. The summed E-state index contributed by atoms with van der Waals surface area (Å²) in [5, 5.41) is 41.2. The maximum Gasteiger partial charge on any atom is 0.475 e. The summed E-state index contributed by atoms with van der Waals surface area (Å²) in [5.74, 6) is -2.73. The summed E-state index contributed by atoms with van der Waals surface area (Å²) in [6, 6.07) is 17.1. The summed E-state index contributed by atoms with van der Waals surface area (Å²) in [6.07, 6.45) is 1.72. The van der Waals surface area contributed by atoms with E-state index in [1.807, 2.05) is 41.1 Å². The summed E-state index contributed by atoms with van der Waals surface area (Å²) in [6.45, 7) is 0.580. The van der Waals surface area contributed by atoms with Crippen LogP contribution in [0.25, 0.3) is 0 Å². The third-order valence-corrected chi connectivity index (χ3v) is 5.21. The average Bonchev–Trinajstić information content (AvgIpc) is 2.77. The Balaban J connectivity index is 1.63. The third kappa shape index (κ3) is 6.31. The van der Waals surface area contributed by atoms with Gasteiger partial charge in [0, 0.05) is 6.07 Å². The molecule has 1 atom stereocenters. The van der Waals surface area contributed by atoms with Gasteiger partial charge in [-0.1, -0.05) is 42.5 Å². The standard InChI is InChI=1S/C23H24BN3O6/c25-20-6-1-2-11-27(20)14-16-9-7-15(8-10-16)12-21(28)26-19(24(32)33)13-17-4-3-5-18(22(17)29)23(30)31/h1-11,19,25,32-33H,12-14H2,(H3,26,28,29,30,31)/p+1. The van der Waals surface area contributed by atoms with E-state index < -0.39 is 30.7 Å². The number of nitrogens with two attached hydrogens (primary N) is 1. The number of rotatable bonds is 9. The summed E-state index contributed by atoms with van der Waals surface area (Å²) >= 11 is 0. The van der Waals surface area contributed by atoms with Crippen LogP contribution in [-0.4, -0.2) is 45.2 Å². The van der Waals surface area contributed by atoms with Crippen LogP contribution in [-0.2, 0) is 24.2 Å². The topological polar surface area (TPSA) is 157 Å². The Labute approximate surface area is 190 Å². The maximum atomic E-state index is 12.5. The lowest BCUT2D eigenvalue weighted by atomic mass is 9.75. The van der Waals surface area contributed by atoms with Crippen LogP contribution < -0.4 is 15.6 Å². The Morgan fingerprint density at radius 2 is 1.70 bits per heavy atom. The van der Waals surface area contributed by atoms with E-state index >= 15 is 0 Å².